The Morgan fingerprint density at radius 2 is 1.86 bits per heavy atom. The number of hydrogen-bond donors (Lipinski definition) is 1. The Morgan fingerprint density at radius 1 is 1.14 bits per heavy atom. The zero-order valence-electron chi connectivity index (χ0n) is 15.7. The molecule has 0 aliphatic carbocycles. The minimum absolute atomic E-state index is 0.0934. The number of ether oxygens (including phenoxy) is 2. The Hall–Kier alpha value is -3.48. The first-order valence-corrected chi connectivity index (χ1v) is 8.45. The molecular formula is C21H20FNO5. The topological polar surface area (TPSA) is 81.7 Å². The standard InChI is InChI=1S/C21H20FNO5/c1-13(24)16-6-4-5-7-18(16)23-21(26)14(2)28-20(25)11-9-15-8-10-19(27-3)17(22)12-15/h4-12,14H,1-3H3,(H,23,26)/b11-9+/t14-/m1/s1. The van der Waals surface area contributed by atoms with Crippen molar-refractivity contribution in [2.45, 2.75) is 20.0 Å². The number of Topliss-reactive ketones (excluding diaryl/α,β-unsaturated/α-hetero) is 1. The zero-order valence-corrected chi connectivity index (χ0v) is 15.7. The van der Waals surface area contributed by atoms with Crippen LogP contribution in [-0.4, -0.2) is 30.9 Å². The van der Waals surface area contributed by atoms with Gasteiger partial charge in [0, 0.05) is 11.6 Å². The van der Waals surface area contributed by atoms with Gasteiger partial charge in [0.05, 0.1) is 12.8 Å². The summed E-state index contributed by atoms with van der Waals surface area (Å²) >= 11 is 0. The molecule has 1 amide bonds. The lowest BCUT2D eigenvalue weighted by molar-refractivity contribution is -0.148. The predicted octanol–water partition coefficient (Wildman–Crippen LogP) is 3.62. The molecule has 2 aromatic carbocycles. The number of amides is 1. The van der Waals surface area contributed by atoms with Crippen LogP contribution in [0.3, 0.4) is 0 Å². The van der Waals surface area contributed by atoms with E-state index in [1.807, 2.05) is 0 Å². The van der Waals surface area contributed by atoms with Crippen LogP contribution in [0.1, 0.15) is 29.8 Å². The fourth-order valence-electron chi connectivity index (χ4n) is 2.35. The lowest BCUT2D eigenvalue weighted by Crippen LogP contribution is -2.30. The second-order valence-electron chi connectivity index (χ2n) is 5.90. The summed E-state index contributed by atoms with van der Waals surface area (Å²) in [6.07, 6.45) is 1.36. The summed E-state index contributed by atoms with van der Waals surface area (Å²) < 4.78 is 23.5. The Morgan fingerprint density at radius 3 is 2.50 bits per heavy atom. The SMILES string of the molecule is COc1ccc(/C=C/C(=O)O[C@H](C)C(=O)Nc2ccccc2C(C)=O)cc1F. The maximum atomic E-state index is 13.6. The molecule has 0 fully saturated rings. The molecular weight excluding hydrogens is 365 g/mol. The monoisotopic (exact) mass is 385 g/mol. The number of para-hydroxylation sites is 1. The summed E-state index contributed by atoms with van der Waals surface area (Å²) in [6.45, 7) is 2.80. The van der Waals surface area contributed by atoms with Crippen molar-refractivity contribution < 1.29 is 28.2 Å². The van der Waals surface area contributed by atoms with Crippen LogP contribution in [-0.2, 0) is 14.3 Å². The van der Waals surface area contributed by atoms with Crippen molar-refractivity contribution in [3.05, 3.63) is 65.5 Å². The molecule has 0 aliphatic heterocycles. The number of hydrogen-bond acceptors (Lipinski definition) is 5. The summed E-state index contributed by atoms with van der Waals surface area (Å²) in [6, 6.07) is 10.7. The number of esters is 1. The third-order valence-electron chi connectivity index (χ3n) is 3.81. The van der Waals surface area contributed by atoms with Gasteiger partial charge >= 0.3 is 5.97 Å². The van der Waals surface area contributed by atoms with E-state index >= 15 is 0 Å². The highest BCUT2D eigenvalue weighted by Crippen LogP contribution is 2.19. The first-order chi connectivity index (χ1) is 13.3. The van der Waals surface area contributed by atoms with Crippen LogP contribution in [0.15, 0.2) is 48.5 Å². The highest BCUT2D eigenvalue weighted by molar-refractivity contribution is 6.05. The molecule has 0 saturated heterocycles. The molecule has 0 bridgehead atoms. The summed E-state index contributed by atoms with van der Waals surface area (Å²) in [5.74, 6) is -2.01. The number of nitrogens with one attached hydrogen (secondary N) is 1. The Balaban J connectivity index is 1.97. The van der Waals surface area contributed by atoms with E-state index in [9.17, 15) is 18.8 Å². The number of carbonyl (C=O) groups excluding carboxylic acids is 3. The summed E-state index contributed by atoms with van der Waals surface area (Å²) in [5.41, 5.74) is 1.13. The average molecular weight is 385 g/mol. The molecule has 0 unspecified atom stereocenters. The number of halogens is 1. The molecule has 1 N–H and O–H groups in total. The fourth-order valence-corrected chi connectivity index (χ4v) is 2.35. The van der Waals surface area contributed by atoms with E-state index in [0.29, 0.717) is 16.8 Å². The Bertz CT molecular complexity index is 923. The largest absolute Gasteiger partial charge is 0.494 e. The molecule has 0 spiro atoms. The van der Waals surface area contributed by atoms with Crippen molar-refractivity contribution in [2.75, 3.05) is 12.4 Å². The third-order valence-corrected chi connectivity index (χ3v) is 3.81. The molecule has 2 aromatic rings. The normalized spacial score (nSPS) is 11.7. The lowest BCUT2D eigenvalue weighted by Gasteiger charge is -2.14. The molecule has 0 aromatic heterocycles. The van der Waals surface area contributed by atoms with Crippen molar-refractivity contribution in [2.24, 2.45) is 0 Å². The fraction of sp³-hybridized carbons (Fsp3) is 0.190. The third kappa shape index (κ3) is 5.51. The number of rotatable bonds is 7. The molecule has 0 aliphatic rings. The van der Waals surface area contributed by atoms with Crippen molar-refractivity contribution in [1.29, 1.82) is 0 Å². The van der Waals surface area contributed by atoms with E-state index in [4.69, 9.17) is 9.47 Å². The van der Waals surface area contributed by atoms with Gasteiger partial charge in [0.15, 0.2) is 23.5 Å². The van der Waals surface area contributed by atoms with Gasteiger partial charge in [-0.1, -0.05) is 18.2 Å². The van der Waals surface area contributed by atoms with Gasteiger partial charge < -0.3 is 14.8 Å². The molecule has 2 rings (SSSR count). The van der Waals surface area contributed by atoms with Gasteiger partial charge in [0.1, 0.15) is 0 Å². The smallest absolute Gasteiger partial charge is 0.331 e. The molecule has 28 heavy (non-hydrogen) atoms. The molecule has 0 heterocycles. The van der Waals surface area contributed by atoms with Gasteiger partial charge in [-0.2, -0.15) is 0 Å². The first-order valence-electron chi connectivity index (χ1n) is 8.45. The quantitative estimate of drug-likeness (QED) is 0.447. The van der Waals surface area contributed by atoms with Crippen LogP contribution in [0.2, 0.25) is 0 Å². The molecule has 0 radical (unpaired) electrons. The van der Waals surface area contributed by atoms with E-state index in [1.54, 1.807) is 30.3 Å². The lowest BCUT2D eigenvalue weighted by atomic mass is 10.1. The average Bonchev–Trinajstić information content (AvgIpc) is 2.66. The van der Waals surface area contributed by atoms with Crippen LogP contribution >= 0.6 is 0 Å². The molecule has 146 valence electrons. The van der Waals surface area contributed by atoms with Crippen LogP contribution < -0.4 is 10.1 Å². The molecule has 6 nitrogen and oxygen atoms in total. The second-order valence-corrected chi connectivity index (χ2v) is 5.90. The Labute approximate surface area is 162 Å². The van der Waals surface area contributed by atoms with Crippen LogP contribution in [0.4, 0.5) is 10.1 Å². The van der Waals surface area contributed by atoms with Crippen molar-refractivity contribution in [3.63, 3.8) is 0 Å². The number of anilines is 1. The molecule has 7 heteroatoms. The summed E-state index contributed by atoms with van der Waals surface area (Å²) in [4.78, 5) is 35.7. The molecule has 1 atom stereocenters. The van der Waals surface area contributed by atoms with E-state index in [-0.39, 0.29) is 11.5 Å². The van der Waals surface area contributed by atoms with E-state index in [0.717, 1.165) is 6.08 Å². The van der Waals surface area contributed by atoms with Crippen molar-refractivity contribution in [1.82, 2.24) is 0 Å². The van der Waals surface area contributed by atoms with Gasteiger partial charge in [-0.3, -0.25) is 9.59 Å². The second kappa shape index (κ2) is 9.45. The van der Waals surface area contributed by atoms with Gasteiger partial charge in [-0.15, -0.1) is 0 Å². The van der Waals surface area contributed by atoms with E-state index in [1.165, 1.54) is 39.2 Å². The predicted molar refractivity (Wildman–Crippen MR) is 103 cm³/mol. The number of benzene rings is 2. The van der Waals surface area contributed by atoms with Crippen molar-refractivity contribution >= 4 is 29.4 Å². The van der Waals surface area contributed by atoms with E-state index in [2.05, 4.69) is 5.32 Å². The highest BCUT2D eigenvalue weighted by Gasteiger charge is 2.18. The zero-order chi connectivity index (χ0) is 20.7. The van der Waals surface area contributed by atoms with Crippen LogP contribution in [0.5, 0.6) is 5.75 Å². The van der Waals surface area contributed by atoms with E-state index < -0.39 is 23.8 Å². The highest BCUT2D eigenvalue weighted by atomic mass is 19.1. The summed E-state index contributed by atoms with van der Waals surface area (Å²) in [7, 11) is 1.35. The number of ketones is 1. The van der Waals surface area contributed by atoms with Gasteiger partial charge in [0.2, 0.25) is 0 Å². The maximum absolute atomic E-state index is 13.6. The van der Waals surface area contributed by atoms with Gasteiger partial charge in [-0.25, -0.2) is 9.18 Å². The minimum atomic E-state index is -1.09. The van der Waals surface area contributed by atoms with Crippen LogP contribution in [0, 0.1) is 5.82 Å². The Kier molecular flexibility index (Phi) is 7.03. The minimum Gasteiger partial charge on any atom is -0.494 e. The number of carbonyl (C=O) groups is 3. The number of methoxy groups -OCH3 is 1. The maximum Gasteiger partial charge on any atom is 0.331 e. The van der Waals surface area contributed by atoms with Gasteiger partial charge in [0.25, 0.3) is 5.91 Å². The molecule has 0 saturated carbocycles. The van der Waals surface area contributed by atoms with Crippen LogP contribution in [0.25, 0.3) is 6.08 Å². The van der Waals surface area contributed by atoms with Gasteiger partial charge in [-0.05, 0) is 49.8 Å². The summed E-state index contributed by atoms with van der Waals surface area (Å²) in [5, 5.41) is 2.57. The first kappa shape index (κ1) is 20.8. The van der Waals surface area contributed by atoms with Crippen molar-refractivity contribution in [3.8, 4) is 5.75 Å².